The first kappa shape index (κ1) is 13.9. The molecule has 0 saturated carbocycles. The molecular weight excluding hydrogens is 272 g/mol. The molecule has 2 aromatic carbocycles. The maximum Gasteiger partial charge on any atom is 0.266 e. The van der Waals surface area contributed by atoms with Crippen molar-refractivity contribution < 1.29 is 4.79 Å². The highest BCUT2D eigenvalue weighted by atomic mass is 35.5. The van der Waals surface area contributed by atoms with Gasteiger partial charge in [-0.2, -0.15) is 5.26 Å². The SMILES string of the molecule is N#C/C(=C/c1cccc(Cl)c1)C(=O)Nc1ccccc1. The highest BCUT2D eigenvalue weighted by Crippen LogP contribution is 2.15. The fourth-order valence-electron chi connectivity index (χ4n) is 1.63. The van der Waals surface area contributed by atoms with Crippen LogP contribution in [0.5, 0.6) is 0 Å². The Balaban J connectivity index is 2.20. The van der Waals surface area contributed by atoms with Crippen molar-refractivity contribution in [2.24, 2.45) is 0 Å². The summed E-state index contributed by atoms with van der Waals surface area (Å²) in [6, 6.07) is 17.8. The minimum absolute atomic E-state index is 0.0242. The monoisotopic (exact) mass is 282 g/mol. The summed E-state index contributed by atoms with van der Waals surface area (Å²) < 4.78 is 0. The van der Waals surface area contributed by atoms with E-state index in [-0.39, 0.29) is 5.57 Å². The fourth-order valence-corrected chi connectivity index (χ4v) is 1.83. The molecular formula is C16H11ClN2O. The number of nitriles is 1. The summed E-state index contributed by atoms with van der Waals surface area (Å²) in [7, 11) is 0. The van der Waals surface area contributed by atoms with Gasteiger partial charge in [0.1, 0.15) is 11.6 Å². The van der Waals surface area contributed by atoms with Crippen LogP contribution in [0.1, 0.15) is 5.56 Å². The Morgan fingerprint density at radius 1 is 1.15 bits per heavy atom. The minimum Gasteiger partial charge on any atom is -0.321 e. The highest BCUT2D eigenvalue weighted by molar-refractivity contribution is 6.30. The third-order valence-electron chi connectivity index (χ3n) is 2.56. The van der Waals surface area contributed by atoms with E-state index in [1.54, 1.807) is 36.4 Å². The van der Waals surface area contributed by atoms with Gasteiger partial charge in [0.2, 0.25) is 0 Å². The maximum atomic E-state index is 12.0. The summed E-state index contributed by atoms with van der Waals surface area (Å²) in [6.07, 6.45) is 1.50. The minimum atomic E-state index is -0.446. The number of para-hydroxylation sites is 1. The summed E-state index contributed by atoms with van der Waals surface area (Å²) >= 11 is 5.87. The molecule has 0 unspecified atom stereocenters. The zero-order valence-corrected chi connectivity index (χ0v) is 11.3. The lowest BCUT2D eigenvalue weighted by atomic mass is 10.1. The zero-order chi connectivity index (χ0) is 14.4. The van der Waals surface area contributed by atoms with E-state index in [0.717, 1.165) is 0 Å². The number of rotatable bonds is 3. The Morgan fingerprint density at radius 3 is 2.55 bits per heavy atom. The van der Waals surface area contributed by atoms with E-state index < -0.39 is 5.91 Å². The van der Waals surface area contributed by atoms with Gasteiger partial charge in [-0.3, -0.25) is 4.79 Å². The van der Waals surface area contributed by atoms with Crippen molar-refractivity contribution in [3.8, 4) is 6.07 Å². The van der Waals surface area contributed by atoms with Gasteiger partial charge in [0.15, 0.2) is 0 Å². The molecule has 20 heavy (non-hydrogen) atoms. The van der Waals surface area contributed by atoms with Gasteiger partial charge in [0.25, 0.3) is 5.91 Å². The Hall–Kier alpha value is -2.57. The van der Waals surface area contributed by atoms with Crippen LogP contribution >= 0.6 is 11.6 Å². The van der Waals surface area contributed by atoms with E-state index in [4.69, 9.17) is 16.9 Å². The van der Waals surface area contributed by atoms with Crippen molar-refractivity contribution in [1.82, 2.24) is 0 Å². The van der Waals surface area contributed by atoms with Crippen molar-refractivity contribution in [2.75, 3.05) is 5.32 Å². The third kappa shape index (κ3) is 3.71. The van der Waals surface area contributed by atoms with Gasteiger partial charge in [-0.25, -0.2) is 0 Å². The average Bonchev–Trinajstić information content (AvgIpc) is 2.46. The van der Waals surface area contributed by atoms with E-state index in [1.807, 2.05) is 24.3 Å². The van der Waals surface area contributed by atoms with Crippen LogP contribution in [0.4, 0.5) is 5.69 Å². The van der Waals surface area contributed by atoms with Crippen molar-refractivity contribution in [2.45, 2.75) is 0 Å². The Labute approximate surface area is 122 Å². The quantitative estimate of drug-likeness (QED) is 0.686. The molecule has 4 heteroatoms. The van der Waals surface area contributed by atoms with Crippen LogP contribution < -0.4 is 5.32 Å². The topological polar surface area (TPSA) is 52.9 Å². The first-order chi connectivity index (χ1) is 9.69. The second-order valence-corrected chi connectivity index (χ2v) is 4.48. The molecule has 0 saturated heterocycles. The second kappa shape index (κ2) is 6.55. The molecule has 0 heterocycles. The number of benzene rings is 2. The number of anilines is 1. The predicted octanol–water partition coefficient (Wildman–Crippen LogP) is 3.89. The molecule has 0 aliphatic heterocycles. The van der Waals surface area contributed by atoms with Crippen molar-refractivity contribution in [3.05, 3.63) is 70.8 Å². The third-order valence-corrected chi connectivity index (χ3v) is 2.79. The Bertz CT molecular complexity index is 687. The largest absolute Gasteiger partial charge is 0.321 e. The van der Waals surface area contributed by atoms with Crippen molar-refractivity contribution in [3.63, 3.8) is 0 Å². The van der Waals surface area contributed by atoms with Crippen molar-refractivity contribution >= 4 is 29.3 Å². The number of nitrogens with one attached hydrogen (secondary N) is 1. The number of carbonyl (C=O) groups excluding carboxylic acids is 1. The molecule has 0 atom stereocenters. The molecule has 2 aromatic rings. The molecule has 2 rings (SSSR count). The Kier molecular flexibility index (Phi) is 4.54. The molecule has 0 aliphatic rings. The van der Waals surface area contributed by atoms with E-state index in [0.29, 0.717) is 16.3 Å². The van der Waals surface area contributed by atoms with Crippen LogP contribution in [0.25, 0.3) is 6.08 Å². The number of nitrogens with zero attached hydrogens (tertiary/aromatic N) is 1. The van der Waals surface area contributed by atoms with Crippen LogP contribution in [-0.2, 0) is 4.79 Å². The second-order valence-electron chi connectivity index (χ2n) is 4.04. The molecule has 0 bridgehead atoms. The first-order valence-corrected chi connectivity index (χ1v) is 6.30. The summed E-state index contributed by atoms with van der Waals surface area (Å²) in [5.41, 5.74) is 1.37. The first-order valence-electron chi connectivity index (χ1n) is 5.93. The summed E-state index contributed by atoms with van der Waals surface area (Å²) in [5.74, 6) is -0.446. The number of hydrogen-bond donors (Lipinski definition) is 1. The summed E-state index contributed by atoms with van der Waals surface area (Å²) in [5, 5.41) is 12.3. The van der Waals surface area contributed by atoms with E-state index in [9.17, 15) is 4.79 Å². The van der Waals surface area contributed by atoms with Crippen LogP contribution in [0.15, 0.2) is 60.2 Å². The van der Waals surface area contributed by atoms with E-state index in [1.165, 1.54) is 6.08 Å². The van der Waals surface area contributed by atoms with Gasteiger partial charge in [-0.15, -0.1) is 0 Å². The maximum absolute atomic E-state index is 12.0. The summed E-state index contributed by atoms with van der Waals surface area (Å²) in [6.45, 7) is 0. The molecule has 0 radical (unpaired) electrons. The number of amides is 1. The van der Waals surface area contributed by atoms with E-state index in [2.05, 4.69) is 5.32 Å². The molecule has 0 spiro atoms. The lowest BCUT2D eigenvalue weighted by Crippen LogP contribution is -2.13. The zero-order valence-electron chi connectivity index (χ0n) is 10.5. The molecule has 1 N–H and O–H groups in total. The van der Waals surface area contributed by atoms with Crippen molar-refractivity contribution in [1.29, 1.82) is 5.26 Å². The van der Waals surface area contributed by atoms with Gasteiger partial charge in [-0.1, -0.05) is 41.9 Å². The number of halogens is 1. The lowest BCUT2D eigenvalue weighted by molar-refractivity contribution is -0.112. The molecule has 98 valence electrons. The van der Waals surface area contributed by atoms with Crippen LogP contribution in [0.3, 0.4) is 0 Å². The number of hydrogen-bond acceptors (Lipinski definition) is 2. The van der Waals surface area contributed by atoms with Gasteiger partial charge in [0.05, 0.1) is 0 Å². The normalized spacial score (nSPS) is 10.7. The lowest BCUT2D eigenvalue weighted by Gasteiger charge is -2.03. The van der Waals surface area contributed by atoms with E-state index >= 15 is 0 Å². The summed E-state index contributed by atoms with van der Waals surface area (Å²) in [4.78, 5) is 12.0. The molecule has 0 fully saturated rings. The average molecular weight is 283 g/mol. The van der Waals surface area contributed by atoms with Gasteiger partial charge < -0.3 is 5.32 Å². The fraction of sp³-hybridized carbons (Fsp3) is 0. The Morgan fingerprint density at radius 2 is 1.90 bits per heavy atom. The van der Waals surface area contributed by atoms with Crippen LogP contribution in [0.2, 0.25) is 5.02 Å². The smallest absolute Gasteiger partial charge is 0.266 e. The highest BCUT2D eigenvalue weighted by Gasteiger charge is 2.09. The number of carbonyl (C=O) groups is 1. The molecule has 0 aromatic heterocycles. The van der Waals surface area contributed by atoms with Crippen LogP contribution in [-0.4, -0.2) is 5.91 Å². The molecule has 0 aliphatic carbocycles. The van der Waals surface area contributed by atoms with Crippen LogP contribution in [0, 0.1) is 11.3 Å². The van der Waals surface area contributed by atoms with Gasteiger partial charge in [0, 0.05) is 10.7 Å². The molecule has 3 nitrogen and oxygen atoms in total. The molecule has 1 amide bonds. The predicted molar refractivity (Wildman–Crippen MR) is 80.1 cm³/mol. The van der Waals surface area contributed by atoms with Gasteiger partial charge >= 0.3 is 0 Å². The standard InChI is InChI=1S/C16H11ClN2O/c17-14-6-4-5-12(10-14)9-13(11-18)16(20)19-15-7-2-1-3-8-15/h1-10H,(H,19,20)/b13-9-. The van der Waals surface area contributed by atoms with Gasteiger partial charge in [-0.05, 0) is 35.9 Å².